The molecule has 1 fully saturated rings. The molecule has 1 atom stereocenters. The van der Waals surface area contributed by atoms with Gasteiger partial charge in [0.15, 0.2) is 0 Å². The summed E-state index contributed by atoms with van der Waals surface area (Å²) < 4.78 is 6.71. The Kier molecular flexibility index (Phi) is 5.22. The van der Waals surface area contributed by atoms with Crippen molar-refractivity contribution in [3.8, 4) is 5.75 Å². The third kappa shape index (κ3) is 4.21. The summed E-state index contributed by atoms with van der Waals surface area (Å²) >= 11 is 3.38. The molecule has 0 aliphatic carbocycles. The van der Waals surface area contributed by atoms with Crippen LogP contribution >= 0.6 is 15.9 Å². The molecule has 1 unspecified atom stereocenters. The normalized spacial score (nSPS) is 20.2. The van der Waals surface area contributed by atoms with Crippen LogP contribution in [0.4, 0.5) is 0 Å². The molecular formula is C14H19BrN2O2. The Hall–Kier alpha value is -1.07. The van der Waals surface area contributed by atoms with Crippen LogP contribution in [0.3, 0.4) is 0 Å². The van der Waals surface area contributed by atoms with Crippen molar-refractivity contribution in [3.63, 3.8) is 0 Å². The van der Waals surface area contributed by atoms with E-state index in [1.807, 2.05) is 24.3 Å². The van der Waals surface area contributed by atoms with Crippen LogP contribution in [0, 0.1) is 0 Å². The van der Waals surface area contributed by atoms with Crippen molar-refractivity contribution in [1.82, 2.24) is 4.90 Å². The molecule has 0 aromatic heterocycles. The van der Waals surface area contributed by atoms with Gasteiger partial charge >= 0.3 is 0 Å². The van der Waals surface area contributed by atoms with Crippen molar-refractivity contribution in [2.75, 3.05) is 19.7 Å². The van der Waals surface area contributed by atoms with Crippen molar-refractivity contribution in [1.29, 1.82) is 0 Å². The molecule has 0 bridgehead atoms. The smallest absolute Gasteiger partial charge is 0.234 e. The van der Waals surface area contributed by atoms with E-state index in [0.29, 0.717) is 6.61 Å². The highest BCUT2D eigenvalue weighted by atomic mass is 79.9. The third-order valence-electron chi connectivity index (χ3n) is 3.40. The van der Waals surface area contributed by atoms with Crippen molar-refractivity contribution in [2.24, 2.45) is 5.73 Å². The first-order chi connectivity index (χ1) is 9.16. The Morgan fingerprint density at radius 1 is 1.37 bits per heavy atom. The molecule has 1 amide bonds. The molecule has 4 nitrogen and oxygen atoms in total. The van der Waals surface area contributed by atoms with Crippen LogP contribution in [-0.2, 0) is 4.79 Å². The number of halogens is 1. The number of primary amides is 1. The molecular weight excluding hydrogens is 308 g/mol. The van der Waals surface area contributed by atoms with Crippen molar-refractivity contribution in [2.45, 2.75) is 25.3 Å². The number of ether oxygens (including phenoxy) is 1. The molecule has 104 valence electrons. The number of hydrogen-bond acceptors (Lipinski definition) is 3. The first-order valence-corrected chi connectivity index (χ1v) is 7.38. The van der Waals surface area contributed by atoms with E-state index in [-0.39, 0.29) is 11.9 Å². The summed E-state index contributed by atoms with van der Waals surface area (Å²) in [7, 11) is 0. The van der Waals surface area contributed by atoms with Crippen LogP contribution in [0.1, 0.15) is 19.3 Å². The number of nitrogens with zero attached hydrogens (tertiary/aromatic N) is 1. The van der Waals surface area contributed by atoms with Gasteiger partial charge in [-0.3, -0.25) is 9.69 Å². The van der Waals surface area contributed by atoms with Crippen LogP contribution in [-0.4, -0.2) is 36.5 Å². The Morgan fingerprint density at radius 2 is 2.11 bits per heavy atom. The van der Waals surface area contributed by atoms with Crippen molar-refractivity contribution < 1.29 is 9.53 Å². The van der Waals surface area contributed by atoms with Gasteiger partial charge in [0, 0.05) is 11.0 Å². The zero-order chi connectivity index (χ0) is 13.7. The van der Waals surface area contributed by atoms with E-state index in [1.165, 1.54) is 0 Å². The zero-order valence-electron chi connectivity index (χ0n) is 10.8. The summed E-state index contributed by atoms with van der Waals surface area (Å²) in [5.41, 5.74) is 5.43. The minimum absolute atomic E-state index is 0.123. The number of rotatable bonds is 5. The van der Waals surface area contributed by atoms with Crippen LogP contribution in [0.25, 0.3) is 0 Å². The van der Waals surface area contributed by atoms with Gasteiger partial charge in [-0.05, 0) is 43.7 Å². The molecule has 2 N–H and O–H groups in total. The van der Waals surface area contributed by atoms with Crippen LogP contribution < -0.4 is 10.5 Å². The van der Waals surface area contributed by atoms with Gasteiger partial charge < -0.3 is 10.5 Å². The minimum atomic E-state index is -0.219. The molecule has 19 heavy (non-hydrogen) atoms. The van der Waals surface area contributed by atoms with E-state index in [2.05, 4.69) is 20.8 Å². The van der Waals surface area contributed by atoms with E-state index >= 15 is 0 Å². The van der Waals surface area contributed by atoms with Gasteiger partial charge in [-0.15, -0.1) is 0 Å². The second-order valence-corrected chi connectivity index (χ2v) is 5.67. The lowest BCUT2D eigenvalue weighted by molar-refractivity contribution is -0.124. The maximum atomic E-state index is 11.4. The van der Waals surface area contributed by atoms with Crippen molar-refractivity contribution >= 4 is 21.8 Å². The molecule has 0 radical (unpaired) electrons. The molecule has 0 spiro atoms. The molecule has 1 aromatic rings. The second kappa shape index (κ2) is 6.91. The summed E-state index contributed by atoms with van der Waals surface area (Å²) in [6.45, 7) is 2.24. The molecule has 1 aliphatic heterocycles. The van der Waals surface area contributed by atoms with Gasteiger partial charge in [-0.1, -0.05) is 22.4 Å². The highest BCUT2D eigenvalue weighted by Crippen LogP contribution is 2.18. The summed E-state index contributed by atoms with van der Waals surface area (Å²) in [4.78, 5) is 13.5. The number of carbonyl (C=O) groups is 1. The van der Waals surface area contributed by atoms with E-state index in [9.17, 15) is 4.79 Å². The number of likely N-dealkylation sites (tertiary alicyclic amines) is 1. The summed E-state index contributed by atoms with van der Waals surface area (Å²) in [5, 5.41) is 0. The highest BCUT2D eigenvalue weighted by molar-refractivity contribution is 9.10. The average Bonchev–Trinajstić information content (AvgIpc) is 2.41. The fourth-order valence-corrected chi connectivity index (χ4v) is 2.66. The summed E-state index contributed by atoms with van der Waals surface area (Å²) in [5.74, 6) is 0.624. The Balaban J connectivity index is 1.80. The number of amides is 1. The first-order valence-electron chi connectivity index (χ1n) is 6.58. The topological polar surface area (TPSA) is 55.6 Å². The molecule has 1 aromatic carbocycles. The molecule has 2 rings (SSSR count). The largest absolute Gasteiger partial charge is 0.492 e. The lowest BCUT2D eigenvalue weighted by Crippen LogP contribution is -2.48. The lowest BCUT2D eigenvalue weighted by Gasteiger charge is -2.33. The summed E-state index contributed by atoms with van der Waals surface area (Å²) in [6, 6.07) is 7.62. The van der Waals surface area contributed by atoms with E-state index < -0.39 is 0 Å². The van der Waals surface area contributed by atoms with Crippen LogP contribution in [0.2, 0.25) is 0 Å². The minimum Gasteiger partial charge on any atom is -0.492 e. The van der Waals surface area contributed by atoms with Crippen molar-refractivity contribution in [3.05, 3.63) is 28.7 Å². The second-order valence-electron chi connectivity index (χ2n) is 4.75. The lowest BCUT2D eigenvalue weighted by atomic mass is 10.0. The quantitative estimate of drug-likeness (QED) is 0.902. The van der Waals surface area contributed by atoms with Crippen LogP contribution in [0.15, 0.2) is 28.7 Å². The Bertz CT molecular complexity index is 422. The molecule has 1 heterocycles. The number of nitrogens with two attached hydrogens (primary N) is 1. The average molecular weight is 327 g/mol. The predicted molar refractivity (Wildman–Crippen MR) is 78.0 cm³/mol. The summed E-state index contributed by atoms with van der Waals surface area (Å²) in [6.07, 6.45) is 3.08. The Morgan fingerprint density at radius 3 is 2.79 bits per heavy atom. The van der Waals surface area contributed by atoms with Gasteiger partial charge in [0.1, 0.15) is 12.4 Å². The maximum absolute atomic E-state index is 11.4. The standard InChI is InChI=1S/C14H19BrN2O2/c15-11-4-6-12(7-5-11)19-10-9-17-8-2-1-3-13(17)14(16)18/h4-7,13H,1-3,8-10H2,(H2,16,18). The van der Waals surface area contributed by atoms with E-state index in [4.69, 9.17) is 10.5 Å². The monoisotopic (exact) mass is 326 g/mol. The third-order valence-corrected chi connectivity index (χ3v) is 3.93. The molecule has 1 aliphatic rings. The zero-order valence-corrected chi connectivity index (χ0v) is 12.4. The maximum Gasteiger partial charge on any atom is 0.234 e. The number of carbonyl (C=O) groups excluding carboxylic acids is 1. The van der Waals surface area contributed by atoms with Gasteiger partial charge in [0.05, 0.1) is 6.04 Å². The highest BCUT2D eigenvalue weighted by Gasteiger charge is 2.26. The van der Waals surface area contributed by atoms with E-state index in [0.717, 1.165) is 42.6 Å². The fourth-order valence-electron chi connectivity index (χ4n) is 2.39. The number of hydrogen-bond donors (Lipinski definition) is 1. The molecule has 1 saturated heterocycles. The Labute approximate surface area is 122 Å². The van der Waals surface area contributed by atoms with Gasteiger partial charge in [0.25, 0.3) is 0 Å². The SMILES string of the molecule is NC(=O)C1CCCCN1CCOc1ccc(Br)cc1. The van der Waals surface area contributed by atoms with Gasteiger partial charge in [0.2, 0.25) is 5.91 Å². The predicted octanol–water partition coefficient (Wildman–Crippen LogP) is 2.17. The van der Waals surface area contributed by atoms with Gasteiger partial charge in [-0.2, -0.15) is 0 Å². The molecule has 0 saturated carbocycles. The first kappa shape index (κ1) is 14.3. The van der Waals surface area contributed by atoms with Gasteiger partial charge in [-0.25, -0.2) is 0 Å². The van der Waals surface area contributed by atoms with Crippen LogP contribution in [0.5, 0.6) is 5.75 Å². The molecule has 5 heteroatoms. The number of benzene rings is 1. The van der Waals surface area contributed by atoms with E-state index in [1.54, 1.807) is 0 Å². The number of piperidine rings is 1. The fraction of sp³-hybridized carbons (Fsp3) is 0.500.